The van der Waals surface area contributed by atoms with Crippen molar-refractivity contribution in [2.75, 3.05) is 6.61 Å². The third-order valence-corrected chi connectivity index (χ3v) is 4.54. The molecule has 0 amide bonds. The molecule has 0 radical (unpaired) electrons. The molecule has 2 rings (SSSR count). The quantitative estimate of drug-likeness (QED) is 0.705. The minimum Gasteiger partial charge on any atom is -0.493 e. The van der Waals surface area contributed by atoms with E-state index in [9.17, 15) is 4.79 Å². The lowest BCUT2D eigenvalue weighted by atomic mass is 9.99. The van der Waals surface area contributed by atoms with Crippen LogP contribution in [0.25, 0.3) is 0 Å². The fourth-order valence-corrected chi connectivity index (χ4v) is 2.45. The zero-order valence-corrected chi connectivity index (χ0v) is 14.2. The molecule has 0 N–H and O–H groups in total. The van der Waals surface area contributed by atoms with Gasteiger partial charge in [-0.2, -0.15) is 0 Å². The van der Waals surface area contributed by atoms with Crippen LogP contribution in [0.1, 0.15) is 40.4 Å². The zero-order chi connectivity index (χ0) is 15.4. The van der Waals surface area contributed by atoms with Crippen molar-refractivity contribution in [3.05, 3.63) is 63.1 Å². The van der Waals surface area contributed by atoms with Gasteiger partial charge in [-0.05, 0) is 55.7 Å². The Morgan fingerprint density at radius 2 is 1.76 bits per heavy atom. The van der Waals surface area contributed by atoms with Crippen molar-refractivity contribution in [3.8, 4) is 5.75 Å². The average molecular weight is 347 g/mol. The number of ketones is 1. The van der Waals surface area contributed by atoms with Crippen LogP contribution in [-0.2, 0) is 0 Å². The van der Waals surface area contributed by atoms with Gasteiger partial charge in [0.1, 0.15) is 5.75 Å². The number of hydrogen-bond donors (Lipinski definition) is 0. The summed E-state index contributed by atoms with van der Waals surface area (Å²) < 4.78 is 6.73. The molecule has 0 saturated heterocycles. The first-order chi connectivity index (χ1) is 10.0. The van der Waals surface area contributed by atoms with Crippen molar-refractivity contribution in [3.63, 3.8) is 0 Å². The summed E-state index contributed by atoms with van der Waals surface area (Å²) in [4.78, 5) is 12.8. The van der Waals surface area contributed by atoms with Gasteiger partial charge in [-0.25, -0.2) is 0 Å². The van der Waals surface area contributed by atoms with Crippen molar-refractivity contribution >= 4 is 21.7 Å². The van der Waals surface area contributed by atoms with Crippen molar-refractivity contribution in [2.45, 2.75) is 27.2 Å². The molecular formula is C18H19BrO2. The fraction of sp³-hybridized carbons (Fsp3) is 0.278. The van der Waals surface area contributed by atoms with Gasteiger partial charge in [-0.1, -0.05) is 35.0 Å². The first kappa shape index (κ1) is 15.8. The van der Waals surface area contributed by atoms with Gasteiger partial charge in [-0.3, -0.25) is 4.79 Å². The predicted molar refractivity (Wildman–Crippen MR) is 89.3 cm³/mol. The summed E-state index contributed by atoms with van der Waals surface area (Å²) in [7, 11) is 0. The topological polar surface area (TPSA) is 26.3 Å². The van der Waals surface area contributed by atoms with Gasteiger partial charge in [0.25, 0.3) is 0 Å². The van der Waals surface area contributed by atoms with Gasteiger partial charge >= 0.3 is 0 Å². The number of carbonyl (C=O) groups excluding carboxylic acids is 1. The smallest absolute Gasteiger partial charge is 0.196 e. The molecule has 2 nitrogen and oxygen atoms in total. The molecule has 0 fully saturated rings. The Balaban J connectivity index is 2.40. The second-order valence-electron chi connectivity index (χ2n) is 5.10. The van der Waals surface area contributed by atoms with E-state index in [1.165, 1.54) is 0 Å². The van der Waals surface area contributed by atoms with Gasteiger partial charge in [-0.15, -0.1) is 0 Å². The van der Waals surface area contributed by atoms with Crippen LogP contribution >= 0.6 is 15.9 Å². The normalized spacial score (nSPS) is 10.5. The molecule has 2 aromatic rings. The molecular weight excluding hydrogens is 328 g/mol. The van der Waals surface area contributed by atoms with Crippen LogP contribution in [0, 0.1) is 13.8 Å². The highest BCUT2D eigenvalue weighted by molar-refractivity contribution is 9.10. The number of benzene rings is 2. The molecule has 0 atom stereocenters. The van der Waals surface area contributed by atoms with E-state index in [-0.39, 0.29) is 5.78 Å². The van der Waals surface area contributed by atoms with Crippen LogP contribution in [0.5, 0.6) is 5.75 Å². The van der Waals surface area contributed by atoms with Crippen LogP contribution in [0.4, 0.5) is 0 Å². The second kappa shape index (κ2) is 6.90. The van der Waals surface area contributed by atoms with Crippen molar-refractivity contribution < 1.29 is 9.53 Å². The Bertz CT molecular complexity index is 639. The molecule has 110 valence electrons. The van der Waals surface area contributed by atoms with E-state index in [2.05, 4.69) is 15.9 Å². The average Bonchev–Trinajstić information content (AvgIpc) is 2.49. The molecule has 0 aliphatic rings. The molecule has 3 heteroatoms. The minimum atomic E-state index is 0.000373. The molecule has 0 saturated carbocycles. The summed E-state index contributed by atoms with van der Waals surface area (Å²) in [5.74, 6) is 0.656. The van der Waals surface area contributed by atoms with Crippen LogP contribution in [0.3, 0.4) is 0 Å². The lowest BCUT2D eigenvalue weighted by Crippen LogP contribution is -2.07. The molecule has 21 heavy (non-hydrogen) atoms. The van der Waals surface area contributed by atoms with Crippen LogP contribution in [-0.4, -0.2) is 12.4 Å². The number of halogens is 1. The van der Waals surface area contributed by atoms with E-state index in [4.69, 9.17) is 4.74 Å². The summed E-state index contributed by atoms with van der Waals surface area (Å²) in [5, 5.41) is 0. The summed E-state index contributed by atoms with van der Waals surface area (Å²) in [5.41, 5.74) is 3.43. The van der Waals surface area contributed by atoms with Crippen LogP contribution < -0.4 is 4.74 Å². The van der Waals surface area contributed by atoms with Gasteiger partial charge in [0, 0.05) is 10.0 Å². The molecule has 0 aromatic heterocycles. The summed E-state index contributed by atoms with van der Waals surface area (Å²) in [6.07, 6.45) is 0.916. The Labute approximate surface area is 134 Å². The van der Waals surface area contributed by atoms with E-state index in [1.807, 2.05) is 57.2 Å². The number of rotatable bonds is 5. The maximum absolute atomic E-state index is 12.8. The van der Waals surface area contributed by atoms with Crippen molar-refractivity contribution in [1.82, 2.24) is 0 Å². The largest absolute Gasteiger partial charge is 0.493 e. The fourth-order valence-electron chi connectivity index (χ4n) is 2.22. The number of hydrogen-bond acceptors (Lipinski definition) is 2. The molecule has 0 aliphatic carbocycles. The number of para-hydroxylation sites is 1. The maximum atomic E-state index is 12.8. The number of carbonyl (C=O) groups is 1. The second-order valence-corrected chi connectivity index (χ2v) is 5.89. The molecule has 0 spiro atoms. The van der Waals surface area contributed by atoms with Crippen LogP contribution in [0.2, 0.25) is 0 Å². The monoisotopic (exact) mass is 346 g/mol. The maximum Gasteiger partial charge on any atom is 0.196 e. The van der Waals surface area contributed by atoms with E-state index in [0.717, 1.165) is 22.0 Å². The zero-order valence-electron chi connectivity index (χ0n) is 12.6. The Morgan fingerprint density at radius 1 is 1.14 bits per heavy atom. The minimum absolute atomic E-state index is 0.000373. The molecule has 2 aromatic carbocycles. The van der Waals surface area contributed by atoms with E-state index in [0.29, 0.717) is 23.5 Å². The predicted octanol–water partition coefficient (Wildman–Crippen LogP) is 5.09. The third kappa shape index (κ3) is 3.53. The van der Waals surface area contributed by atoms with Gasteiger partial charge in [0.2, 0.25) is 0 Å². The lowest BCUT2D eigenvalue weighted by molar-refractivity contribution is 0.103. The Hall–Kier alpha value is -1.61. The highest BCUT2D eigenvalue weighted by atomic mass is 79.9. The van der Waals surface area contributed by atoms with Crippen molar-refractivity contribution in [1.29, 1.82) is 0 Å². The van der Waals surface area contributed by atoms with E-state index in [1.54, 1.807) is 0 Å². The summed E-state index contributed by atoms with van der Waals surface area (Å²) in [6.45, 7) is 6.65. The highest BCUT2D eigenvalue weighted by Crippen LogP contribution is 2.26. The third-order valence-electron chi connectivity index (χ3n) is 3.29. The number of aryl methyl sites for hydroxylation is 2. The van der Waals surface area contributed by atoms with Gasteiger partial charge in [0.05, 0.1) is 12.2 Å². The molecule has 0 heterocycles. The summed E-state index contributed by atoms with van der Waals surface area (Å²) >= 11 is 3.53. The van der Waals surface area contributed by atoms with Crippen LogP contribution in [0.15, 0.2) is 40.9 Å². The van der Waals surface area contributed by atoms with Gasteiger partial charge < -0.3 is 4.74 Å². The standard InChI is InChI=1S/C18H19BrO2/c1-4-9-21-16-8-6-5-7-15(16)18(20)14-10-12(2)17(19)13(3)11-14/h5-8,10-11H,4,9H2,1-3H3. The van der Waals surface area contributed by atoms with Crippen molar-refractivity contribution in [2.24, 2.45) is 0 Å². The molecule has 0 unspecified atom stereocenters. The molecule has 0 bridgehead atoms. The first-order valence-corrected chi connectivity index (χ1v) is 7.87. The van der Waals surface area contributed by atoms with E-state index >= 15 is 0 Å². The number of ether oxygens (including phenoxy) is 1. The molecule has 0 aliphatic heterocycles. The Kier molecular flexibility index (Phi) is 5.18. The first-order valence-electron chi connectivity index (χ1n) is 7.08. The SMILES string of the molecule is CCCOc1ccccc1C(=O)c1cc(C)c(Br)c(C)c1. The summed E-state index contributed by atoms with van der Waals surface area (Å²) in [6, 6.07) is 11.2. The Morgan fingerprint density at radius 3 is 2.38 bits per heavy atom. The van der Waals surface area contributed by atoms with E-state index < -0.39 is 0 Å². The lowest BCUT2D eigenvalue weighted by Gasteiger charge is -2.11. The highest BCUT2D eigenvalue weighted by Gasteiger charge is 2.16. The van der Waals surface area contributed by atoms with Gasteiger partial charge in [0.15, 0.2) is 5.78 Å².